The van der Waals surface area contributed by atoms with Gasteiger partial charge in [0.2, 0.25) is 0 Å². The Morgan fingerprint density at radius 3 is 2.16 bits per heavy atom. The van der Waals surface area contributed by atoms with Crippen LogP contribution in [0.2, 0.25) is 0 Å². The first-order valence-corrected chi connectivity index (χ1v) is 11.9. The van der Waals surface area contributed by atoms with E-state index >= 15 is 0 Å². The Morgan fingerprint density at radius 2 is 1.59 bits per heavy atom. The van der Waals surface area contributed by atoms with Crippen LogP contribution >= 0.6 is 0 Å². The largest absolute Gasteiger partial charge is 0.309 e. The number of benzene rings is 3. The van der Waals surface area contributed by atoms with Crippen LogP contribution in [0.4, 0.5) is 0 Å². The third-order valence-electron chi connectivity index (χ3n) is 6.14. The molecule has 4 rings (SSSR count). The van der Waals surface area contributed by atoms with Gasteiger partial charge in [0.05, 0.1) is 21.7 Å². The van der Waals surface area contributed by atoms with Crippen LogP contribution in [0.15, 0.2) is 141 Å². The molecule has 0 saturated carbocycles. The number of aromatic nitrogens is 1. The Morgan fingerprint density at radius 1 is 0.919 bits per heavy atom. The summed E-state index contributed by atoms with van der Waals surface area (Å²) in [7, 11) is 0. The van der Waals surface area contributed by atoms with Crippen LogP contribution in [0.5, 0.6) is 0 Å². The molecule has 37 heavy (non-hydrogen) atoms. The molecule has 182 valence electrons. The summed E-state index contributed by atoms with van der Waals surface area (Å²) in [6, 6.07) is 26.3. The standard InChI is InChI=1S/C33H28N2O2/c1-5-15-24(16-6-2)32-29-23-26(28(7-3)30(8-4)35(36)37)21-22-31(29)34(27-19-13-10-14-20-27)33(32)25-17-11-9-12-18-25/h5-23H,1,3-4H2,2H3/b16-6-,24-15+,30-28-. The highest BCUT2D eigenvalue weighted by atomic mass is 16.6. The topological polar surface area (TPSA) is 48.1 Å². The fourth-order valence-corrected chi connectivity index (χ4v) is 4.65. The summed E-state index contributed by atoms with van der Waals surface area (Å²) in [6.45, 7) is 13.4. The first-order valence-electron chi connectivity index (χ1n) is 11.9. The molecule has 0 atom stereocenters. The van der Waals surface area contributed by atoms with E-state index in [2.05, 4.69) is 54.6 Å². The first kappa shape index (κ1) is 25.1. The average Bonchev–Trinajstić information content (AvgIpc) is 3.26. The van der Waals surface area contributed by atoms with Crippen LogP contribution in [0.25, 0.3) is 39.0 Å². The molecule has 0 unspecified atom stereocenters. The zero-order valence-corrected chi connectivity index (χ0v) is 20.8. The van der Waals surface area contributed by atoms with Gasteiger partial charge in [0, 0.05) is 22.7 Å². The van der Waals surface area contributed by atoms with Gasteiger partial charge in [0.1, 0.15) is 0 Å². The molecule has 0 spiro atoms. The molecule has 0 N–H and O–H groups in total. The van der Waals surface area contributed by atoms with E-state index in [1.165, 1.54) is 12.2 Å². The van der Waals surface area contributed by atoms with Crippen LogP contribution in [0.1, 0.15) is 18.1 Å². The van der Waals surface area contributed by atoms with Gasteiger partial charge in [0.25, 0.3) is 5.70 Å². The molecule has 4 nitrogen and oxygen atoms in total. The zero-order chi connectivity index (χ0) is 26.4. The van der Waals surface area contributed by atoms with Gasteiger partial charge < -0.3 is 4.57 Å². The number of nitro groups is 1. The van der Waals surface area contributed by atoms with E-state index < -0.39 is 4.92 Å². The molecule has 0 fully saturated rings. The Labute approximate surface area is 217 Å². The molecule has 0 aliphatic carbocycles. The van der Waals surface area contributed by atoms with E-state index in [0.717, 1.165) is 39.0 Å². The molecular formula is C33H28N2O2. The molecule has 0 aliphatic heterocycles. The third-order valence-corrected chi connectivity index (χ3v) is 6.14. The zero-order valence-electron chi connectivity index (χ0n) is 20.8. The van der Waals surface area contributed by atoms with Gasteiger partial charge in [-0.15, -0.1) is 0 Å². The molecule has 0 bridgehead atoms. The SMILES string of the molecule is C=C/C=C(\C=C/C)c1c(-c2ccccc2)n(-c2ccccc2)c2ccc(/C(C=C)=C(/C=C)[N+](=O)[O-])cc12. The fraction of sp³-hybridized carbons (Fsp3) is 0.0303. The maximum Gasteiger partial charge on any atom is 0.276 e. The number of allylic oxidation sites excluding steroid dienone is 8. The lowest BCUT2D eigenvalue weighted by Crippen LogP contribution is -1.99. The molecule has 1 aromatic heterocycles. The lowest BCUT2D eigenvalue weighted by atomic mass is 9.95. The predicted molar refractivity (Wildman–Crippen MR) is 156 cm³/mol. The summed E-state index contributed by atoms with van der Waals surface area (Å²) in [4.78, 5) is 11.3. The molecule has 0 saturated heterocycles. The van der Waals surface area contributed by atoms with Crippen molar-refractivity contribution in [2.45, 2.75) is 6.92 Å². The summed E-state index contributed by atoms with van der Waals surface area (Å²) in [5.74, 6) is 0. The van der Waals surface area contributed by atoms with E-state index in [1.807, 2.05) is 73.7 Å². The number of hydrogen-bond acceptors (Lipinski definition) is 2. The van der Waals surface area contributed by atoms with E-state index in [-0.39, 0.29) is 5.70 Å². The Kier molecular flexibility index (Phi) is 7.60. The molecule has 0 radical (unpaired) electrons. The molecule has 1 heterocycles. The van der Waals surface area contributed by atoms with Crippen LogP contribution in [-0.4, -0.2) is 9.49 Å². The molecule has 0 amide bonds. The number of hydrogen-bond donors (Lipinski definition) is 0. The molecule has 4 aromatic rings. The number of rotatable bonds is 9. The quantitative estimate of drug-likeness (QED) is 0.135. The predicted octanol–water partition coefficient (Wildman–Crippen LogP) is 8.80. The van der Waals surface area contributed by atoms with Crippen LogP contribution < -0.4 is 0 Å². The first-order chi connectivity index (χ1) is 18.0. The van der Waals surface area contributed by atoms with Gasteiger partial charge in [-0.3, -0.25) is 10.1 Å². The van der Waals surface area contributed by atoms with Gasteiger partial charge >= 0.3 is 0 Å². The number of nitrogens with zero attached hydrogens (tertiary/aromatic N) is 2. The Balaban J connectivity index is 2.24. The summed E-state index contributed by atoms with van der Waals surface area (Å²) in [6.07, 6.45) is 10.6. The van der Waals surface area contributed by atoms with Gasteiger partial charge in [-0.1, -0.05) is 105 Å². The van der Waals surface area contributed by atoms with Crippen molar-refractivity contribution in [1.29, 1.82) is 0 Å². The fourth-order valence-electron chi connectivity index (χ4n) is 4.65. The van der Waals surface area contributed by atoms with Crippen molar-refractivity contribution < 1.29 is 4.92 Å². The van der Waals surface area contributed by atoms with E-state index in [1.54, 1.807) is 6.08 Å². The van der Waals surface area contributed by atoms with E-state index in [0.29, 0.717) is 11.1 Å². The van der Waals surface area contributed by atoms with Gasteiger partial charge in [-0.05, 0) is 47.9 Å². The summed E-state index contributed by atoms with van der Waals surface area (Å²) in [5.41, 5.74) is 7.08. The molecule has 3 aromatic carbocycles. The second-order valence-electron chi connectivity index (χ2n) is 8.31. The second kappa shape index (κ2) is 11.2. The highest BCUT2D eigenvalue weighted by molar-refractivity contribution is 6.05. The normalized spacial score (nSPS) is 12.4. The van der Waals surface area contributed by atoms with Crippen molar-refractivity contribution in [2.75, 3.05) is 0 Å². The van der Waals surface area contributed by atoms with Crippen molar-refractivity contribution in [3.8, 4) is 16.9 Å². The lowest BCUT2D eigenvalue weighted by molar-refractivity contribution is -0.417. The highest BCUT2D eigenvalue weighted by Gasteiger charge is 2.23. The summed E-state index contributed by atoms with van der Waals surface area (Å²) >= 11 is 0. The minimum absolute atomic E-state index is 0.0861. The molecular weight excluding hydrogens is 456 g/mol. The van der Waals surface area contributed by atoms with Crippen molar-refractivity contribution in [1.82, 2.24) is 4.57 Å². The van der Waals surface area contributed by atoms with Gasteiger partial charge in [-0.2, -0.15) is 0 Å². The summed E-state index contributed by atoms with van der Waals surface area (Å²) < 4.78 is 2.24. The Bertz CT molecular complexity index is 1580. The van der Waals surface area contributed by atoms with Gasteiger partial charge in [0.15, 0.2) is 0 Å². The smallest absolute Gasteiger partial charge is 0.276 e. The highest BCUT2D eigenvalue weighted by Crippen LogP contribution is 2.42. The van der Waals surface area contributed by atoms with Crippen LogP contribution in [0, 0.1) is 10.1 Å². The Hall–Kier alpha value is -4.96. The maximum atomic E-state index is 11.7. The van der Waals surface area contributed by atoms with Crippen molar-refractivity contribution >= 4 is 22.0 Å². The van der Waals surface area contributed by atoms with Gasteiger partial charge in [-0.25, -0.2) is 0 Å². The third kappa shape index (κ3) is 4.78. The number of fused-ring (bicyclic) bond motifs is 1. The van der Waals surface area contributed by atoms with E-state index in [4.69, 9.17) is 0 Å². The van der Waals surface area contributed by atoms with Crippen molar-refractivity contribution in [3.05, 3.63) is 162 Å². The molecule has 4 heteroatoms. The summed E-state index contributed by atoms with van der Waals surface area (Å²) in [5, 5.41) is 12.7. The lowest BCUT2D eigenvalue weighted by Gasteiger charge is -2.13. The molecule has 0 aliphatic rings. The van der Waals surface area contributed by atoms with Crippen molar-refractivity contribution in [3.63, 3.8) is 0 Å². The van der Waals surface area contributed by atoms with Crippen molar-refractivity contribution in [2.24, 2.45) is 0 Å². The average molecular weight is 485 g/mol. The minimum Gasteiger partial charge on any atom is -0.309 e. The minimum atomic E-state index is -0.428. The maximum absolute atomic E-state index is 11.7. The number of para-hydroxylation sites is 1. The van der Waals surface area contributed by atoms with E-state index in [9.17, 15) is 10.1 Å². The van der Waals surface area contributed by atoms with Crippen LogP contribution in [0.3, 0.4) is 0 Å². The second-order valence-corrected chi connectivity index (χ2v) is 8.31. The monoisotopic (exact) mass is 484 g/mol. The van der Waals surface area contributed by atoms with Crippen LogP contribution in [-0.2, 0) is 0 Å².